The van der Waals surface area contributed by atoms with Crippen LogP contribution in [-0.4, -0.2) is 86.0 Å². The summed E-state index contributed by atoms with van der Waals surface area (Å²) in [5.74, 6) is -0.387. The summed E-state index contributed by atoms with van der Waals surface area (Å²) in [7, 11) is 2.90. The highest BCUT2D eigenvalue weighted by Gasteiger charge is 2.37. The quantitative estimate of drug-likeness (QED) is 0.555. The summed E-state index contributed by atoms with van der Waals surface area (Å²) in [6.45, 7) is 3.08. The molecule has 4 atom stereocenters. The number of carbonyl (C=O) groups excluding carboxylic acids is 1. The van der Waals surface area contributed by atoms with Crippen LogP contribution in [0.25, 0.3) is 0 Å². The molecule has 1 fully saturated rings. The van der Waals surface area contributed by atoms with Crippen molar-refractivity contribution in [2.75, 3.05) is 40.5 Å². The SMILES string of the molecule is COCC(C)OCC(O)CN1CC(O)CC1C(=O)OC. The Balaban J connectivity index is 2.39. The third-order valence-corrected chi connectivity index (χ3v) is 3.27. The van der Waals surface area contributed by atoms with Crippen LogP contribution in [0.15, 0.2) is 0 Å². The van der Waals surface area contributed by atoms with E-state index in [2.05, 4.69) is 0 Å². The molecular weight excluding hydrogens is 266 g/mol. The predicted molar refractivity (Wildman–Crippen MR) is 71.3 cm³/mol. The lowest BCUT2D eigenvalue weighted by molar-refractivity contribution is -0.146. The van der Waals surface area contributed by atoms with E-state index in [1.54, 1.807) is 12.0 Å². The number of methoxy groups -OCH3 is 2. The normalized spacial score (nSPS) is 26.4. The van der Waals surface area contributed by atoms with Crippen molar-refractivity contribution in [3.63, 3.8) is 0 Å². The third kappa shape index (κ3) is 5.34. The van der Waals surface area contributed by atoms with Crippen molar-refractivity contribution >= 4 is 5.97 Å². The second-order valence-corrected chi connectivity index (χ2v) is 5.14. The lowest BCUT2D eigenvalue weighted by Gasteiger charge is -2.25. The van der Waals surface area contributed by atoms with E-state index in [0.717, 1.165) is 0 Å². The van der Waals surface area contributed by atoms with Crippen molar-refractivity contribution in [3.05, 3.63) is 0 Å². The first-order valence-electron chi connectivity index (χ1n) is 6.76. The van der Waals surface area contributed by atoms with E-state index in [-0.39, 0.29) is 25.2 Å². The van der Waals surface area contributed by atoms with Crippen LogP contribution in [0.2, 0.25) is 0 Å². The van der Waals surface area contributed by atoms with E-state index >= 15 is 0 Å². The highest BCUT2D eigenvalue weighted by molar-refractivity contribution is 5.76. The zero-order chi connectivity index (χ0) is 15.1. The van der Waals surface area contributed by atoms with Gasteiger partial charge in [-0.15, -0.1) is 0 Å². The molecule has 0 radical (unpaired) electrons. The number of aliphatic hydroxyl groups is 2. The number of ether oxygens (including phenoxy) is 3. The number of nitrogens with zero attached hydrogens (tertiary/aromatic N) is 1. The third-order valence-electron chi connectivity index (χ3n) is 3.27. The van der Waals surface area contributed by atoms with Crippen LogP contribution in [0, 0.1) is 0 Å². The van der Waals surface area contributed by atoms with E-state index in [4.69, 9.17) is 14.2 Å². The molecule has 0 bridgehead atoms. The van der Waals surface area contributed by atoms with Gasteiger partial charge in [0.1, 0.15) is 6.04 Å². The molecule has 1 rings (SSSR count). The Hall–Kier alpha value is -0.730. The van der Waals surface area contributed by atoms with E-state index < -0.39 is 18.2 Å². The maximum absolute atomic E-state index is 11.6. The molecule has 0 aromatic rings. The molecule has 7 heteroatoms. The average molecular weight is 291 g/mol. The zero-order valence-electron chi connectivity index (χ0n) is 12.3. The maximum Gasteiger partial charge on any atom is 0.323 e. The van der Waals surface area contributed by atoms with E-state index in [0.29, 0.717) is 19.6 Å². The number of carbonyl (C=O) groups is 1. The lowest BCUT2D eigenvalue weighted by Crippen LogP contribution is -2.43. The number of rotatable bonds is 8. The fourth-order valence-corrected chi connectivity index (χ4v) is 2.34. The van der Waals surface area contributed by atoms with Crippen LogP contribution in [0.3, 0.4) is 0 Å². The van der Waals surface area contributed by atoms with Gasteiger partial charge in [0.25, 0.3) is 0 Å². The summed E-state index contributed by atoms with van der Waals surface area (Å²) >= 11 is 0. The summed E-state index contributed by atoms with van der Waals surface area (Å²) in [4.78, 5) is 13.3. The number of aliphatic hydroxyl groups excluding tert-OH is 2. The number of hydrogen-bond acceptors (Lipinski definition) is 7. The molecule has 118 valence electrons. The summed E-state index contributed by atoms with van der Waals surface area (Å²) in [6, 6.07) is -0.499. The first-order chi connectivity index (χ1) is 9.47. The van der Waals surface area contributed by atoms with Gasteiger partial charge >= 0.3 is 5.97 Å². The van der Waals surface area contributed by atoms with Gasteiger partial charge in [-0.25, -0.2) is 0 Å². The second-order valence-electron chi connectivity index (χ2n) is 5.14. The van der Waals surface area contributed by atoms with Gasteiger partial charge in [0, 0.05) is 26.6 Å². The Kier molecular flexibility index (Phi) is 7.39. The van der Waals surface area contributed by atoms with Gasteiger partial charge in [-0.2, -0.15) is 0 Å². The molecule has 1 aliphatic heterocycles. The largest absolute Gasteiger partial charge is 0.468 e. The van der Waals surface area contributed by atoms with Crippen LogP contribution in [0.5, 0.6) is 0 Å². The number of likely N-dealkylation sites (tertiary alicyclic amines) is 1. The molecule has 1 heterocycles. The van der Waals surface area contributed by atoms with Crippen molar-refractivity contribution in [1.29, 1.82) is 0 Å². The standard InChI is InChI=1S/C13H25NO6/c1-9(7-18-2)20-8-11(16)6-14-5-10(15)4-12(14)13(17)19-3/h9-12,15-16H,4-8H2,1-3H3. The molecule has 0 aromatic carbocycles. The molecular formula is C13H25NO6. The number of esters is 1. The molecule has 0 aliphatic carbocycles. The molecule has 0 aromatic heterocycles. The minimum absolute atomic E-state index is 0.102. The van der Waals surface area contributed by atoms with E-state index in [1.807, 2.05) is 6.92 Å². The van der Waals surface area contributed by atoms with Gasteiger partial charge in [0.05, 0.1) is 38.6 Å². The highest BCUT2D eigenvalue weighted by Crippen LogP contribution is 2.19. The number of hydrogen-bond donors (Lipinski definition) is 2. The van der Waals surface area contributed by atoms with Crippen molar-refractivity contribution in [3.8, 4) is 0 Å². The van der Waals surface area contributed by atoms with Gasteiger partial charge < -0.3 is 24.4 Å². The average Bonchev–Trinajstić information content (AvgIpc) is 2.76. The van der Waals surface area contributed by atoms with Gasteiger partial charge in [0.15, 0.2) is 0 Å². The van der Waals surface area contributed by atoms with Crippen LogP contribution >= 0.6 is 0 Å². The minimum Gasteiger partial charge on any atom is -0.468 e. The van der Waals surface area contributed by atoms with Gasteiger partial charge in [0.2, 0.25) is 0 Å². The first-order valence-corrected chi connectivity index (χ1v) is 6.76. The fraction of sp³-hybridized carbons (Fsp3) is 0.923. The van der Waals surface area contributed by atoms with Crippen molar-refractivity contribution in [2.45, 2.75) is 37.7 Å². The van der Waals surface area contributed by atoms with Crippen molar-refractivity contribution in [2.24, 2.45) is 0 Å². The summed E-state index contributed by atoms with van der Waals surface area (Å²) in [5, 5.41) is 19.6. The molecule has 0 spiro atoms. The van der Waals surface area contributed by atoms with Crippen molar-refractivity contribution < 1.29 is 29.2 Å². The monoisotopic (exact) mass is 291 g/mol. The fourth-order valence-electron chi connectivity index (χ4n) is 2.34. The second kappa shape index (κ2) is 8.53. The van der Waals surface area contributed by atoms with Crippen LogP contribution in [0.1, 0.15) is 13.3 Å². The van der Waals surface area contributed by atoms with E-state index in [1.165, 1.54) is 7.11 Å². The molecule has 4 unspecified atom stereocenters. The molecule has 0 saturated carbocycles. The zero-order valence-corrected chi connectivity index (χ0v) is 12.3. The Morgan fingerprint density at radius 3 is 2.70 bits per heavy atom. The highest BCUT2D eigenvalue weighted by atomic mass is 16.5. The summed E-state index contributed by atoms with van der Waals surface area (Å²) in [5.41, 5.74) is 0. The molecule has 1 saturated heterocycles. The van der Waals surface area contributed by atoms with Crippen LogP contribution < -0.4 is 0 Å². The first kappa shape index (κ1) is 17.3. The molecule has 0 amide bonds. The Bertz CT molecular complexity index is 301. The van der Waals surface area contributed by atoms with Gasteiger partial charge in [-0.3, -0.25) is 9.69 Å². The molecule has 7 nitrogen and oxygen atoms in total. The Morgan fingerprint density at radius 1 is 1.40 bits per heavy atom. The minimum atomic E-state index is -0.730. The van der Waals surface area contributed by atoms with Crippen molar-refractivity contribution in [1.82, 2.24) is 4.90 Å². The van der Waals surface area contributed by atoms with Crippen LogP contribution in [-0.2, 0) is 19.0 Å². The van der Waals surface area contributed by atoms with Gasteiger partial charge in [-0.05, 0) is 6.92 Å². The summed E-state index contributed by atoms with van der Waals surface area (Å²) in [6.07, 6.45) is -1.07. The van der Waals surface area contributed by atoms with Crippen LogP contribution in [0.4, 0.5) is 0 Å². The van der Waals surface area contributed by atoms with E-state index in [9.17, 15) is 15.0 Å². The maximum atomic E-state index is 11.6. The van der Waals surface area contributed by atoms with Gasteiger partial charge in [-0.1, -0.05) is 0 Å². The molecule has 1 aliphatic rings. The topological polar surface area (TPSA) is 88.5 Å². The Morgan fingerprint density at radius 2 is 2.10 bits per heavy atom. The molecule has 20 heavy (non-hydrogen) atoms. The lowest BCUT2D eigenvalue weighted by atomic mass is 10.2. The number of β-amino-alcohol motifs (C(OH)–C–C–N with tert-alkyl or cyclic N) is 2. The molecule has 2 N–H and O–H groups in total. The summed E-state index contributed by atoms with van der Waals surface area (Å²) < 4.78 is 15.1. The smallest absolute Gasteiger partial charge is 0.323 e. The Labute approximate surface area is 119 Å². The predicted octanol–water partition coefficient (Wildman–Crippen LogP) is -0.993.